The average Bonchev–Trinajstić information content (AvgIpc) is 2.57. The highest BCUT2D eigenvalue weighted by Gasteiger charge is 2.04. The van der Waals surface area contributed by atoms with Gasteiger partial charge in [-0.1, -0.05) is 23.7 Å². The third-order valence-electron chi connectivity index (χ3n) is 3.29. The normalized spacial score (nSPS) is 10.2. The Morgan fingerprint density at radius 3 is 2.36 bits per heavy atom. The molecule has 3 N–H and O–H groups in total. The standard InChI is InChI=1S/C18H20ClN3O3/c1-25-12-17(23)21-15-5-7-16(8-6-15)22-18(24)20-10-9-13-3-2-4-14(19)11-13/h2-8,11H,9-10,12H2,1H3,(H,21,23)(H2,20,22,24). The Morgan fingerprint density at radius 1 is 1.04 bits per heavy atom. The van der Waals surface area contributed by atoms with Crippen LogP contribution in [0.2, 0.25) is 5.02 Å². The monoisotopic (exact) mass is 361 g/mol. The number of benzene rings is 2. The van der Waals surface area contributed by atoms with Crippen LogP contribution in [0.1, 0.15) is 5.56 Å². The Morgan fingerprint density at radius 2 is 1.72 bits per heavy atom. The molecule has 25 heavy (non-hydrogen) atoms. The van der Waals surface area contributed by atoms with Crippen molar-refractivity contribution in [2.45, 2.75) is 6.42 Å². The summed E-state index contributed by atoms with van der Waals surface area (Å²) in [6.07, 6.45) is 0.693. The number of carbonyl (C=O) groups excluding carboxylic acids is 2. The molecule has 6 nitrogen and oxygen atoms in total. The number of anilines is 2. The smallest absolute Gasteiger partial charge is 0.319 e. The van der Waals surface area contributed by atoms with Gasteiger partial charge in [0.1, 0.15) is 6.61 Å². The number of methoxy groups -OCH3 is 1. The molecule has 0 aliphatic rings. The van der Waals surface area contributed by atoms with Crippen LogP contribution in [-0.2, 0) is 16.0 Å². The van der Waals surface area contributed by atoms with Crippen LogP contribution in [0.5, 0.6) is 0 Å². The molecule has 0 saturated carbocycles. The van der Waals surface area contributed by atoms with Crippen molar-refractivity contribution in [3.8, 4) is 0 Å². The summed E-state index contributed by atoms with van der Waals surface area (Å²) in [6.45, 7) is 0.492. The number of amides is 3. The predicted octanol–water partition coefficient (Wildman–Crippen LogP) is 3.29. The molecule has 3 amide bonds. The minimum atomic E-state index is -0.293. The number of nitrogens with one attached hydrogen (secondary N) is 3. The molecule has 0 aromatic heterocycles. The van der Waals surface area contributed by atoms with Crippen molar-refractivity contribution >= 4 is 34.9 Å². The number of rotatable bonds is 7. The SMILES string of the molecule is COCC(=O)Nc1ccc(NC(=O)NCCc2cccc(Cl)c2)cc1. The first-order valence-corrected chi connectivity index (χ1v) is 8.13. The van der Waals surface area contributed by atoms with Crippen molar-refractivity contribution in [3.05, 3.63) is 59.1 Å². The Hall–Kier alpha value is -2.57. The molecule has 2 rings (SSSR count). The van der Waals surface area contributed by atoms with E-state index < -0.39 is 0 Å². The summed E-state index contributed by atoms with van der Waals surface area (Å²) in [4.78, 5) is 23.3. The summed E-state index contributed by atoms with van der Waals surface area (Å²) < 4.78 is 4.74. The van der Waals surface area contributed by atoms with Gasteiger partial charge >= 0.3 is 6.03 Å². The zero-order valence-electron chi connectivity index (χ0n) is 13.8. The van der Waals surface area contributed by atoms with E-state index in [4.69, 9.17) is 16.3 Å². The Balaban J connectivity index is 1.75. The largest absolute Gasteiger partial charge is 0.375 e. The first-order valence-electron chi connectivity index (χ1n) is 7.75. The zero-order valence-corrected chi connectivity index (χ0v) is 14.6. The third kappa shape index (κ3) is 6.82. The Kier molecular flexibility index (Phi) is 7.25. The quantitative estimate of drug-likeness (QED) is 0.708. The summed E-state index contributed by atoms with van der Waals surface area (Å²) in [6, 6.07) is 14.1. The molecule has 0 aliphatic heterocycles. The van der Waals surface area contributed by atoms with E-state index >= 15 is 0 Å². The first-order chi connectivity index (χ1) is 12.1. The van der Waals surface area contributed by atoms with E-state index in [1.807, 2.05) is 24.3 Å². The van der Waals surface area contributed by atoms with Gasteiger partial charge in [-0.3, -0.25) is 4.79 Å². The molecule has 2 aromatic carbocycles. The van der Waals surface area contributed by atoms with E-state index in [1.165, 1.54) is 7.11 Å². The van der Waals surface area contributed by atoms with E-state index in [0.717, 1.165) is 5.56 Å². The van der Waals surface area contributed by atoms with Crippen LogP contribution >= 0.6 is 11.6 Å². The summed E-state index contributed by atoms with van der Waals surface area (Å²) in [5.41, 5.74) is 2.32. The second kappa shape index (κ2) is 9.66. The van der Waals surface area contributed by atoms with Crippen molar-refractivity contribution in [2.75, 3.05) is 30.9 Å². The molecule has 0 heterocycles. The van der Waals surface area contributed by atoms with Crippen LogP contribution < -0.4 is 16.0 Å². The van der Waals surface area contributed by atoms with Crippen LogP contribution in [0.25, 0.3) is 0 Å². The van der Waals surface area contributed by atoms with E-state index in [1.54, 1.807) is 24.3 Å². The summed E-state index contributed by atoms with van der Waals surface area (Å²) in [5, 5.41) is 8.87. The van der Waals surface area contributed by atoms with Gasteiger partial charge in [0.2, 0.25) is 5.91 Å². The molecular weight excluding hydrogens is 342 g/mol. The van der Waals surface area contributed by atoms with E-state index in [-0.39, 0.29) is 18.5 Å². The van der Waals surface area contributed by atoms with Crippen LogP contribution in [0.15, 0.2) is 48.5 Å². The second-order valence-corrected chi connectivity index (χ2v) is 5.76. The van der Waals surface area contributed by atoms with Crippen LogP contribution in [0.4, 0.5) is 16.2 Å². The Labute approximate surface area is 151 Å². The van der Waals surface area contributed by atoms with Crippen LogP contribution in [0.3, 0.4) is 0 Å². The molecule has 0 unspecified atom stereocenters. The average molecular weight is 362 g/mol. The fourth-order valence-corrected chi connectivity index (χ4v) is 2.37. The highest BCUT2D eigenvalue weighted by atomic mass is 35.5. The summed E-state index contributed by atoms with van der Waals surface area (Å²) in [7, 11) is 1.46. The molecular formula is C18H20ClN3O3. The second-order valence-electron chi connectivity index (χ2n) is 5.32. The number of hydrogen-bond donors (Lipinski definition) is 3. The lowest BCUT2D eigenvalue weighted by atomic mass is 10.1. The highest BCUT2D eigenvalue weighted by Crippen LogP contribution is 2.13. The zero-order chi connectivity index (χ0) is 18.1. The molecule has 0 spiro atoms. The van der Waals surface area contributed by atoms with E-state index in [9.17, 15) is 9.59 Å². The number of carbonyl (C=O) groups is 2. The predicted molar refractivity (Wildman–Crippen MR) is 99.1 cm³/mol. The fraction of sp³-hybridized carbons (Fsp3) is 0.222. The Bertz CT molecular complexity index is 720. The highest BCUT2D eigenvalue weighted by molar-refractivity contribution is 6.30. The summed E-state index contributed by atoms with van der Waals surface area (Å²) in [5.74, 6) is -0.234. The molecule has 132 valence electrons. The molecule has 0 atom stereocenters. The van der Waals surface area contributed by atoms with Crippen LogP contribution in [0, 0.1) is 0 Å². The summed E-state index contributed by atoms with van der Waals surface area (Å²) >= 11 is 5.92. The molecule has 0 aliphatic carbocycles. The lowest BCUT2D eigenvalue weighted by Crippen LogP contribution is -2.30. The molecule has 0 bridgehead atoms. The van der Waals surface area contributed by atoms with Crippen molar-refractivity contribution < 1.29 is 14.3 Å². The maximum atomic E-state index is 11.9. The third-order valence-corrected chi connectivity index (χ3v) is 3.53. The molecule has 7 heteroatoms. The van der Waals surface area contributed by atoms with Gasteiger partial charge in [0, 0.05) is 30.1 Å². The van der Waals surface area contributed by atoms with Gasteiger partial charge in [0.15, 0.2) is 0 Å². The molecule has 0 radical (unpaired) electrons. The van der Waals surface area contributed by atoms with Gasteiger partial charge in [-0.05, 0) is 48.4 Å². The van der Waals surface area contributed by atoms with Gasteiger partial charge in [-0.25, -0.2) is 4.79 Å². The van der Waals surface area contributed by atoms with E-state index in [2.05, 4.69) is 16.0 Å². The van der Waals surface area contributed by atoms with Gasteiger partial charge in [0.05, 0.1) is 0 Å². The first kappa shape index (κ1) is 18.8. The van der Waals surface area contributed by atoms with Crippen molar-refractivity contribution in [2.24, 2.45) is 0 Å². The van der Waals surface area contributed by atoms with Crippen molar-refractivity contribution in [3.63, 3.8) is 0 Å². The number of ether oxygens (including phenoxy) is 1. The van der Waals surface area contributed by atoms with Crippen LogP contribution in [-0.4, -0.2) is 32.2 Å². The number of halogens is 1. The van der Waals surface area contributed by atoms with E-state index in [0.29, 0.717) is 29.4 Å². The molecule has 2 aromatic rings. The molecule has 0 saturated heterocycles. The van der Waals surface area contributed by atoms with Gasteiger partial charge < -0.3 is 20.7 Å². The maximum absolute atomic E-state index is 11.9. The van der Waals surface area contributed by atoms with Gasteiger partial charge in [-0.2, -0.15) is 0 Å². The maximum Gasteiger partial charge on any atom is 0.319 e. The minimum absolute atomic E-state index is 0.00493. The number of hydrogen-bond acceptors (Lipinski definition) is 3. The number of urea groups is 1. The van der Waals surface area contributed by atoms with Gasteiger partial charge in [-0.15, -0.1) is 0 Å². The van der Waals surface area contributed by atoms with Gasteiger partial charge in [0.25, 0.3) is 0 Å². The lowest BCUT2D eigenvalue weighted by Gasteiger charge is -2.09. The fourth-order valence-electron chi connectivity index (χ4n) is 2.15. The molecule has 0 fully saturated rings. The minimum Gasteiger partial charge on any atom is -0.375 e. The van der Waals surface area contributed by atoms with Crippen molar-refractivity contribution in [1.82, 2.24) is 5.32 Å². The van der Waals surface area contributed by atoms with Crippen molar-refractivity contribution in [1.29, 1.82) is 0 Å². The lowest BCUT2D eigenvalue weighted by molar-refractivity contribution is -0.119. The topological polar surface area (TPSA) is 79.5 Å².